The molecule has 0 saturated heterocycles. The molecule has 28 heavy (non-hydrogen) atoms. The van der Waals surface area contributed by atoms with Gasteiger partial charge in [-0.1, -0.05) is 26.2 Å². The fourth-order valence-corrected chi connectivity index (χ4v) is 2.91. The zero-order chi connectivity index (χ0) is 19.8. The second-order valence-electron chi connectivity index (χ2n) is 7.00. The van der Waals surface area contributed by atoms with Gasteiger partial charge in [-0.05, 0) is 61.9 Å². The maximum Gasteiger partial charge on any atom is 0.226 e. The average molecular weight is 382 g/mol. The summed E-state index contributed by atoms with van der Waals surface area (Å²) in [5.41, 5.74) is 1.78. The lowest BCUT2D eigenvalue weighted by molar-refractivity contribution is 0.480. The first-order valence-electron chi connectivity index (χ1n) is 9.85. The second kappa shape index (κ2) is 10.0. The van der Waals surface area contributed by atoms with Gasteiger partial charge in [0, 0.05) is 18.2 Å². The monoisotopic (exact) mass is 382 g/mol. The fourth-order valence-electron chi connectivity index (χ4n) is 2.91. The van der Waals surface area contributed by atoms with Gasteiger partial charge in [-0.2, -0.15) is 0 Å². The highest BCUT2D eigenvalue weighted by molar-refractivity contribution is 5.55. The Morgan fingerprint density at radius 2 is 1.71 bits per heavy atom. The van der Waals surface area contributed by atoms with Crippen molar-refractivity contribution in [3.05, 3.63) is 66.3 Å². The van der Waals surface area contributed by atoms with Crippen LogP contribution >= 0.6 is 0 Å². The number of halogens is 1. The van der Waals surface area contributed by atoms with Crippen molar-refractivity contribution in [2.45, 2.75) is 52.1 Å². The van der Waals surface area contributed by atoms with Gasteiger partial charge in [0.15, 0.2) is 0 Å². The third kappa shape index (κ3) is 5.92. The summed E-state index contributed by atoms with van der Waals surface area (Å²) in [5, 5.41) is 3.49. The molecule has 1 unspecified atom stereocenters. The largest absolute Gasteiger partial charge is 0.457 e. The number of hydrogen-bond acceptors (Lipinski definition) is 4. The molecule has 4 nitrogen and oxygen atoms in total. The Labute approximate surface area is 165 Å². The van der Waals surface area contributed by atoms with E-state index in [-0.39, 0.29) is 5.82 Å². The molecule has 5 heteroatoms. The predicted octanol–water partition coefficient (Wildman–Crippen LogP) is 6.33. The molecule has 0 aliphatic rings. The molecule has 0 aliphatic heterocycles. The molecule has 0 bridgehead atoms. The third-order valence-electron chi connectivity index (χ3n) is 4.57. The normalized spacial score (nSPS) is 12.1. The van der Waals surface area contributed by atoms with Crippen LogP contribution in [0.25, 0.3) is 11.5 Å². The molecule has 0 spiro atoms. The predicted molar refractivity (Wildman–Crippen MR) is 109 cm³/mol. The first kappa shape index (κ1) is 20.1. The SMILES string of the molecule is CCCCCC(C)NCc1coc(-c2ccc(Oc3ccc(F)cc3)cc2)n1. The molecule has 1 heterocycles. The number of ether oxygens (including phenoxy) is 1. The van der Waals surface area contributed by atoms with Crippen molar-refractivity contribution in [2.75, 3.05) is 0 Å². The number of oxazole rings is 1. The highest BCUT2D eigenvalue weighted by Crippen LogP contribution is 2.25. The zero-order valence-electron chi connectivity index (χ0n) is 16.5. The number of benzene rings is 2. The van der Waals surface area contributed by atoms with Crippen LogP contribution in [0.15, 0.2) is 59.2 Å². The molecule has 148 valence electrons. The van der Waals surface area contributed by atoms with Crippen LogP contribution in [0, 0.1) is 5.82 Å². The van der Waals surface area contributed by atoms with E-state index in [0.29, 0.717) is 30.0 Å². The summed E-state index contributed by atoms with van der Waals surface area (Å²) in [6.07, 6.45) is 6.65. The molecule has 3 rings (SSSR count). The van der Waals surface area contributed by atoms with Gasteiger partial charge in [0.2, 0.25) is 5.89 Å². The Morgan fingerprint density at radius 1 is 1.04 bits per heavy atom. The van der Waals surface area contributed by atoms with Crippen molar-refractivity contribution < 1.29 is 13.5 Å². The van der Waals surface area contributed by atoms with E-state index in [1.54, 1.807) is 18.4 Å². The first-order valence-corrected chi connectivity index (χ1v) is 9.85. The standard InChI is InChI=1S/C23H27FN2O2/c1-3-4-5-6-17(2)25-15-20-16-27-23(26-20)18-7-11-21(12-8-18)28-22-13-9-19(24)10-14-22/h7-14,16-17,25H,3-6,15H2,1-2H3. The van der Waals surface area contributed by atoms with Gasteiger partial charge in [-0.25, -0.2) is 9.37 Å². The van der Waals surface area contributed by atoms with Crippen molar-refractivity contribution in [1.82, 2.24) is 10.3 Å². The van der Waals surface area contributed by atoms with Crippen molar-refractivity contribution >= 4 is 0 Å². The van der Waals surface area contributed by atoms with Gasteiger partial charge in [-0.15, -0.1) is 0 Å². The number of nitrogens with zero attached hydrogens (tertiary/aromatic N) is 1. The van der Waals surface area contributed by atoms with Gasteiger partial charge >= 0.3 is 0 Å². The minimum Gasteiger partial charge on any atom is -0.457 e. The van der Waals surface area contributed by atoms with Crippen LogP contribution in [0.1, 0.15) is 45.2 Å². The van der Waals surface area contributed by atoms with Crippen LogP contribution in [0.5, 0.6) is 11.5 Å². The van der Waals surface area contributed by atoms with Crippen LogP contribution in [-0.4, -0.2) is 11.0 Å². The first-order chi connectivity index (χ1) is 13.6. The molecular formula is C23H27FN2O2. The highest BCUT2D eigenvalue weighted by Gasteiger charge is 2.09. The Hall–Kier alpha value is -2.66. The van der Waals surface area contributed by atoms with Gasteiger partial charge in [0.25, 0.3) is 0 Å². The Balaban J connectivity index is 1.53. The molecule has 0 saturated carbocycles. The number of aromatic nitrogens is 1. The summed E-state index contributed by atoms with van der Waals surface area (Å²) in [6.45, 7) is 5.12. The minimum atomic E-state index is -0.285. The Morgan fingerprint density at radius 3 is 2.39 bits per heavy atom. The molecule has 0 fully saturated rings. The third-order valence-corrected chi connectivity index (χ3v) is 4.57. The van der Waals surface area contributed by atoms with E-state index >= 15 is 0 Å². The molecule has 0 radical (unpaired) electrons. The average Bonchev–Trinajstić information content (AvgIpc) is 3.18. The number of unbranched alkanes of at least 4 members (excludes halogenated alkanes) is 2. The summed E-state index contributed by atoms with van der Waals surface area (Å²) in [5.74, 6) is 1.56. The fraction of sp³-hybridized carbons (Fsp3) is 0.348. The van der Waals surface area contributed by atoms with Crippen molar-refractivity contribution in [3.8, 4) is 23.0 Å². The summed E-state index contributed by atoms with van der Waals surface area (Å²) in [7, 11) is 0. The zero-order valence-corrected chi connectivity index (χ0v) is 16.5. The maximum absolute atomic E-state index is 13.0. The molecule has 0 aliphatic carbocycles. The molecule has 1 aromatic heterocycles. The lowest BCUT2D eigenvalue weighted by Crippen LogP contribution is -2.25. The number of hydrogen-bond donors (Lipinski definition) is 1. The van der Waals surface area contributed by atoms with E-state index in [1.807, 2.05) is 24.3 Å². The van der Waals surface area contributed by atoms with Gasteiger partial charge < -0.3 is 14.5 Å². The van der Waals surface area contributed by atoms with E-state index < -0.39 is 0 Å². The number of nitrogens with one attached hydrogen (secondary N) is 1. The van der Waals surface area contributed by atoms with Crippen LogP contribution in [0.3, 0.4) is 0 Å². The maximum atomic E-state index is 13.0. The van der Waals surface area contributed by atoms with E-state index in [4.69, 9.17) is 9.15 Å². The van der Waals surface area contributed by atoms with Gasteiger partial charge in [-0.3, -0.25) is 0 Å². The molecule has 1 atom stereocenters. The molecule has 1 N–H and O–H groups in total. The van der Waals surface area contributed by atoms with Crippen molar-refractivity contribution in [1.29, 1.82) is 0 Å². The lowest BCUT2D eigenvalue weighted by atomic mass is 10.1. The van der Waals surface area contributed by atoms with E-state index in [1.165, 1.54) is 37.8 Å². The smallest absolute Gasteiger partial charge is 0.226 e. The minimum absolute atomic E-state index is 0.285. The summed E-state index contributed by atoms with van der Waals surface area (Å²) in [4.78, 5) is 4.56. The van der Waals surface area contributed by atoms with Gasteiger partial charge in [0.1, 0.15) is 23.6 Å². The topological polar surface area (TPSA) is 47.3 Å². The Kier molecular flexibility index (Phi) is 7.20. The Bertz CT molecular complexity index is 844. The summed E-state index contributed by atoms with van der Waals surface area (Å²) in [6, 6.07) is 13.9. The van der Waals surface area contributed by atoms with Crippen LogP contribution in [0.4, 0.5) is 4.39 Å². The van der Waals surface area contributed by atoms with E-state index in [0.717, 1.165) is 11.3 Å². The second-order valence-corrected chi connectivity index (χ2v) is 7.00. The van der Waals surface area contributed by atoms with E-state index in [2.05, 4.69) is 24.1 Å². The highest BCUT2D eigenvalue weighted by atomic mass is 19.1. The molecule has 2 aromatic carbocycles. The van der Waals surface area contributed by atoms with Gasteiger partial charge in [0.05, 0.1) is 5.69 Å². The van der Waals surface area contributed by atoms with Crippen LogP contribution < -0.4 is 10.1 Å². The van der Waals surface area contributed by atoms with Crippen molar-refractivity contribution in [2.24, 2.45) is 0 Å². The van der Waals surface area contributed by atoms with Crippen LogP contribution in [0.2, 0.25) is 0 Å². The lowest BCUT2D eigenvalue weighted by Gasteiger charge is -2.11. The van der Waals surface area contributed by atoms with Crippen LogP contribution in [-0.2, 0) is 6.54 Å². The number of rotatable bonds is 10. The molecule has 3 aromatic rings. The summed E-state index contributed by atoms with van der Waals surface area (Å²) >= 11 is 0. The molecule has 0 amide bonds. The quantitative estimate of drug-likeness (QED) is 0.416. The van der Waals surface area contributed by atoms with Crippen molar-refractivity contribution in [3.63, 3.8) is 0 Å². The van der Waals surface area contributed by atoms with E-state index in [9.17, 15) is 4.39 Å². The summed E-state index contributed by atoms with van der Waals surface area (Å²) < 4.78 is 24.3. The molecular weight excluding hydrogens is 355 g/mol.